The van der Waals surface area contributed by atoms with Gasteiger partial charge in [0.15, 0.2) is 0 Å². The van der Waals surface area contributed by atoms with Crippen LogP contribution in [-0.2, 0) is 0 Å². The van der Waals surface area contributed by atoms with E-state index in [0.717, 1.165) is 4.83 Å². The molecule has 0 aliphatic carbocycles. The van der Waals surface area contributed by atoms with E-state index in [1.807, 2.05) is 18.3 Å². The second kappa shape index (κ2) is 3.17. The summed E-state index contributed by atoms with van der Waals surface area (Å²) in [6.07, 6.45) is 3.74. The van der Waals surface area contributed by atoms with Crippen LogP contribution in [0.5, 0.6) is 0 Å². The highest BCUT2D eigenvalue weighted by molar-refractivity contribution is 7.25. The summed E-state index contributed by atoms with van der Waals surface area (Å²) >= 11 is 1.73. The van der Waals surface area contributed by atoms with Gasteiger partial charge in [-0.1, -0.05) is 24.8 Å². The van der Waals surface area contributed by atoms with Gasteiger partial charge < -0.3 is 0 Å². The van der Waals surface area contributed by atoms with Crippen molar-refractivity contribution in [3.63, 3.8) is 0 Å². The van der Waals surface area contributed by atoms with Crippen molar-refractivity contribution in [2.75, 3.05) is 0 Å². The van der Waals surface area contributed by atoms with Crippen molar-refractivity contribution >= 4 is 37.7 Å². The molecule has 0 fully saturated rings. The summed E-state index contributed by atoms with van der Waals surface area (Å²) in [5.41, 5.74) is 1.19. The first-order valence-electron chi connectivity index (χ1n) is 4.79. The van der Waals surface area contributed by atoms with Gasteiger partial charge in [0.25, 0.3) is 0 Å². The van der Waals surface area contributed by atoms with E-state index in [0.29, 0.717) is 0 Å². The minimum atomic E-state index is 1.10. The number of aromatic nitrogens is 1. The summed E-state index contributed by atoms with van der Waals surface area (Å²) in [5.74, 6) is 0. The number of rotatable bonds is 1. The molecule has 0 N–H and O–H groups in total. The van der Waals surface area contributed by atoms with Gasteiger partial charge in [0.1, 0.15) is 4.83 Å². The number of nitrogens with zero attached hydrogens (tertiary/aromatic N) is 1. The van der Waals surface area contributed by atoms with Gasteiger partial charge in [0.05, 0.1) is 0 Å². The molecular weight excluding hydrogens is 202 g/mol. The van der Waals surface area contributed by atoms with Gasteiger partial charge in [-0.25, -0.2) is 4.98 Å². The highest BCUT2D eigenvalue weighted by Gasteiger charge is 2.06. The Balaban J connectivity index is 2.62. The summed E-state index contributed by atoms with van der Waals surface area (Å²) in [5, 5.41) is 2.51. The first-order chi connectivity index (χ1) is 7.40. The molecule has 2 aromatic heterocycles. The number of benzene rings is 1. The highest BCUT2D eigenvalue weighted by atomic mass is 32.1. The Bertz CT molecular complexity index is 652. The molecule has 1 aromatic carbocycles. The standard InChI is InChI=1S/C13H9NS/c1-2-9-5-3-7-11-12(9)10-6-4-8-14-13(10)15-11/h2-8H,1H2. The Morgan fingerprint density at radius 2 is 2.13 bits per heavy atom. The number of fused-ring (bicyclic) bond motifs is 3. The van der Waals surface area contributed by atoms with Crippen molar-refractivity contribution in [1.29, 1.82) is 0 Å². The maximum atomic E-state index is 4.38. The van der Waals surface area contributed by atoms with E-state index in [4.69, 9.17) is 0 Å². The van der Waals surface area contributed by atoms with Crippen molar-refractivity contribution in [2.24, 2.45) is 0 Å². The maximum Gasteiger partial charge on any atom is 0.124 e. The van der Waals surface area contributed by atoms with Crippen LogP contribution >= 0.6 is 11.3 Å². The molecular formula is C13H9NS. The maximum absolute atomic E-state index is 4.38. The summed E-state index contributed by atoms with van der Waals surface area (Å²) in [7, 11) is 0. The Kier molecular flexibility index (Phi) is 1.82. The summed E-state index contributed by atoms with van der Waals surface area (Å²) < 4.78 is 1.28. The molecule has 0 aliphatic rings. The number of hydrogen-bond donors (Lipinski definition) is 0. The molecule has 3 aromatic rings. The van der Waals surface area contributed by atoms with Gasteiger partial charge in [-0.15, -0.1) is 11.3 Å². The van der Waals surface area contributed by atoms with Crippen molar-refractivity contribution in [1.82, 2.24) is 4.98 Å². The predicted molar refractivity (Wildman–Crippen MR) is 67.2 cm³/mol. The molecule has 2 heteroatoms. The van der Waals surface area contributed by atoms with E-state index in [2.05, 4.69) is 35.8 Å². The van der Waals surface area contributed by atoms with Crippen LogP contribution in [-0.4, -0.2) is 4.98 Å². The van der Waals surface area contributed by atoms with Gasteiger partial charge in [-0.05, 0) is 23.8 Å². The Morgan fingerprint density at radius 1 is 1.20 bits per heavy atom. The van der Waals surface area contributed by atoms with Crippen molar-refractivity contribution in [3.8, 4) is 0 Å². The van der Waals surface area contributed by atoms with Crippen LogP contribution in [0.4, 0.5) is 0 Å². The molecule has 2 heterocycles. The van der Waals surface area contributed by atoms with Crippen molar-refractivity contribution < 1.29 is 0 Å². The molecule has 0 bridgehead atoms. The van der Waals surface area contributed by atoms with Crippen LogP contribution < -0.4 is 0 Å². The Hall–Kier alpha value is -1.67. The molecule has 15 heavy (non-hydrogen) atoms. The fourth-order valence-corrected chi connectivity index (χ4v) is 2.94. The summed E-state index contributed by atoms with van der Waals surface area (Å²) in [6.45, 7) is 3.85. The third kappa shape index (κ3) is 1.18. The molecule has 0 saturated heterocycles. The lowest BCUT2D eigenvalue weighted by Crippen LogP contribution is -1.74. The second-order valence-corrected chi connectivity index (χ2v) is 4.41. The second-order valence-electron chi connectivity index (χ2n) is 3.38. The van der Waals surface area contributed by atoms with Gasteiger partial charge in [-0.2, -0.15) is 0 Å². The highest BCUT2D eigenvalue weighted by Crippen LogP contribution is 2.34. The number of hydrogen-bond acceptors (Lipinski definition) is 2. The van der Waals surface area contributed by atoms with Crippen LogP contribution in [0.3, 0.4) is 0 Å². The zero-order valence-corrected chi connectivity index (χ0v) is 8.92. The van der Waals surface area contributed by atoms with Crippen LogP contribution in [0.15, 0.2) is 43.1 Å². The Morgan fingerprint density at radius 3 is 3.00 bits per heavy atom. The van der Waals surface area contributed by atoms with E-state index in [9.17, 15) is 0 Å². The third-order valence-corrected chi connectivity index (χ3v) is 3.60. The van der Waals surface area contributed by atoms with Crippen LogP contribution in [0.1, 0.15) is 5.56 Å². The number of thiophene rings is 1. The summed E-state index contributed by atoms with van der Waals surface area (Å²) in [6, 6.07) is 10.4. The first kappa shape index (κ1) is 8.62. The molecule has 0 amide bonds. The predicted octanol–water partition coefficient (Wildman–Crippen LogP) is 4.09. The van der Waals surface area contributed by atoms with Gasteiger partial charge in [0.2, 0.25) is 0 Å². The SMILES string of the molecule is C=Cc1cccc2sc3ncccc3c12. The van der Waals surface area contributed by atoms with Gasteiger partial charge in [-0.3, -0.25) is 0 Å². The molecule has 0 unspecified atom stereocenters. The minimum absolute atomic E-state index is 1.10. The monoisotopic (exact) mass is 211 g/mol. The van der Waals surface area contributed by atoms with Crippen molar-refractivity contribution in [2.45, 2.75) is 0 Å². The average molecular weight is 211 g/mol. The van der Waals surface area contributed by atoms with Crippen LogP contribution in [0.2, 0.25) is 0 Å². The van der Waals surface area contributed by atoms with E-state index in [1.54, 1.807) is 11.3 Å². The quantitative estimate of drug-likeness (QED) is 0.590. The van der Waals surface area contributed by atoms with Crippen molar-refractivity contribution in [3.05, 3.63) is 48.7 Å². The smallest absolute Gasteiger partial charge is 0.124 e. The normalized spacial score (nSPS) is 10.9. The fourth-order valence-electron chi connectivity index (χ4n) is 1.86. The third-order valence-electron chi connectivity index (χ3n) is 2.53. The van der Waals surface area contributed by atoms with Crippen LogP contribution in [0.25, 0.3) is 26.4 Å². The van der Waals surface area contributed by atoms with Crippen LogP contribution in [0, 0.1) is 0 Å². The zero-order chi connectivity index (χ0) is 10.3. The molecule has 0 saturated carbocycles. The first-order valence-corrected chi connectivity index (χ1v) is 5.60. The molecule has 0 radical (unpaired) electrons. The molecule has 0 spiro atoms. The lowest BCUT2D eigenvalue weighted by molar-refractivity contribution is 1.45. The summed E-state index contributed by atoms with van der Waals surface area (Å²) in [4.78, 5) is 5.48. The molecule has 3 rings (SSSR count). The topological polar surface area (TPSA) is 12.9 Å². The van der Waals surface area contributed by atoms with Gasteiger partial charge in [0, 0.05) is 21.7 Å². The Labute approximate surface area is 91.7 Å². The minimum Gasteiger partial charge on any atom is -0.245 e. The molecule has 1 nitrogen and oxygen atoms in total. The van der Waals surface area contributed by atoms with E-state index >= 15 is 0 Å². The molecule has 0 aliphatic heterocycles. The lowest BCUT2D eigenvalue weighted by Gasteiger charge is -1.96. The largest absolute Gasteiger partial charge is 0.245 e. The molecule has 72 valence electrons. The van der Waals surface area contributed by atoms with E-state index < -0.39 is 0 Å². The van der Waals surface area contributed by atoms with E-state index in [1.165, 1.54) is 21.0 Å². The fraction of sp³-hybridized carbons (Fsp3) is 0. The van der Waals surface area contributed by atoms with E-state index in [-0.39, 0.29) is 0 Å². The zero-order valence-electron chi connectivity index (χ0n) is 8.10. The number of pyridine rings is 1. The average Bonchev–Trinajstić information content (AvgIpc) is 2.67. The lowest BCUT2D eigenvalue weighted by atomic mass is 10.1. The molecule has 0 atom stereocenters. The van der Waals surface area contributed by atoms with Gasteiger partial charge >= 0.3 is 0 Å².